The molecule has 1 radical (unpaired) electrons. The van der Waals surface area contributed by atoms with Crippen molar-refractivity contribution in [1.82, 2.24) is 9.97 Å². The molecule has 0 unspecified atom stereocenters. The first-order valence-corrected chi connectivity index (χ1v) is 18.4. The van der Waals surface area contributed by atoms with Gasteiger partial charge in [-0.2, -0.15) is 0 Å². The number of rotatable bonds is 10. The van der Waals surface area contributed by atoms with Crippen LogP contribution in [-0.2, 0) is 37.7 Å². The molecule has 0 fully saturated rings. The first-order valence-electron chi connectivity index (χ1n) is 18.4. The van der Waals surface area contributed by atoms with Crippen LogP contribution < -0.4 is 0 Å². The van der Waals surface area contributed by atoms with E-state index in [-0.39, 0.29) is 42.5 Å². The molecule has 0 amide bonds. The number of aliphatic hydroxyl groups excluding tert-OH is 1. The Kier molecular flexibility index (Phi) is 13.3. The SMILES string of the molecule is CC(C)c1cc(-c2cc3c(cn2)CCc2cc(-c4ccccc4)cnc2-3)[c-]c2ccccc12.CCC(C)(CC)C(=O)/C=C(\O)C(C)(CC)CC.[Ir]. The molecule has 0 aliphatic heterocycles. The third-order valence-electron chi connectivity index (χ3n) is 11.3. The number of aromatic nitrogens is 2. The van der Waals surface area contributed by atoms with E-state index in [1.165, 1.54) is 44.8 Å². The van der Waals surface area contributed by atoms with E-state index in [1.54, 1.807) is 0 Å². The zero-order chi connectivity index (χ0) is 36.1. The number of fused-ring (bicyclic) bond motifs is 4. The van der Waals surface area contributed by atoms with Crippen LogP contribution in [0.3, 0.4) is 0 Å². The zero-order valence-electron chi connectivity index (χ0n) is 31.6. The predicted octanol–water partition coefficient (Wildman–Crippen LogP) is 12.3. The second-order valence-corrected chi connectivity index (χ2v) is 14.6. The summed E-state index contributed by atoms with van der Waals surface area (Å²) in [6.07, 6.45) is 10.8. The van der Waals surface area contributed by atoms with E-state index in [2.05, 4.69) is 92.7 Å². The summed E-state index contributed by atoms with van der Waals surface area (Å²) in [7, 11) is 0. The standard InChI is InChI=1S/C31H25N2.C15H28O2.Ir/c1-20(2)28-16-25(14-22-10-6-7-11-27(22)28)30-17-29-24(18-32-30)13-12-23-15-26(19-33-31(23)29)21-8-4-3-5-9-21;1-7-14(5,8-2)12(16)11-13(17)15(6,9-3)10-4;/h3-11,15-20H,12-13H2,1-2H3;11,16H,7-10H2,1-6H3;/q-1;;/b;12-11-;. The molecule has 1 aliphatic rings. The van der Waals surface area contributed by atoms with Gasteiger partial charge in [0.05, 0.1) is 5.69 Å². The van der Waals surface area contributed by atoms with E-state index in [4.69, 9.17) is 9.97 Å². The Morgan fingerprint density at radius 1 is 0.804 bits per heavy atom. The van der Waals surface area contributed by atoms with Crippen LogP contribution in [0.5, 0.6) is 0 Å². The van der Waals surface area contributed by atoms with Crippen LogP contribution in [0.2, 0.25) is 0 Å². The van der Waals surface area contributed by atoms with Crippen LogP contribution in [0.1, 0.15) is 104 Å². The Morgan fingerprint density at radius 2 is 1.43 bits per heavy atom. The molecule has 6 rings (SSSR count). The number of allylic oxidation sites excluding steroid dienone is 2. The van der Waals surface area contributed by atoms with Gasteiger partial charge in [0.1, 0.15) is 5.76 Å². The minimum atomic E-state index is -0.337. The summed E-state index contributed by atoms with van der Waals surface area (Å²) < 4.78 is 0. The minimum absolute atomic E-state index is 0. The van der Waals surface area contributed by atoms with Crippen LogP contribution in [0.4, 0.5) is 0 Å². The van der Waals surface area contributed by atoms with Gasteiger partial charge in [0.2, 0.25) is 0 Å². The quantitative estimate of drug-likeness (QED) is 0.0863. The largest absolute Gasteiger partial charge is 0.512 e. The fourth-order valence-electron chi connectivity index (χ4n) is 6.61. The van der Waals surface area contributed by atoms with Gasteiger partial charge < -0.3 is 5.11 Å². The predicted molar refractivity (Wildman–Crippen MR) is 209 cm³/mol. The zero-order valence-corrected chi connectivity index (χ0v) is 34.0. The summed E-state index contributed by atoms with van der Waals surface area (Å²) in [5, 5.41) is 12.5. The molecule has 269 valence electrons. The average Bonchev–Trinajstić information content (AvgIpc) is 3.16. The number of nitrogens with zero attached hydrogens (tertiary/aromatic N) is 2. The summed E-state index contributed by atoms with van der Waals surface area (Å²) in [6, 6.07) is 29.4. The number of hydrogen-bond acceptors (Lipinski definition) is 4. The van der Waals surface area contributed by atoms with Gasteiger partial charge in [-0.25, -0.2) is 0 Å². The Morgan fingerprint density at radius 3 is 2.08 bits per heavy atom. The molecule has 0 saturated heterocycles. The van der Waals surface area contributed by atoms with Gasteiger partial charge in [-0.1, -0.05) is 121 Å². The molecule has 0 saturated carbocycles. The van der Waals surface area contributed by atoms with Gasteiger partial charge in [-0.15, -0.1) is 29.1 Å². The molecule has 3 aromatic carbocycles. The maximum Gasteiger partial charge on any atom is 0.164 e. The van der Waals surface area contributed by atoms with Crippen molar-refractivity contribution in [1.29, 1.82) is 0 Å². The molecule has 4 nitrogen and oxygen atoms in total. The number of hydrogen-bond donors (Lipinski definition) is 1. The molecule has 0 atom stereocenters. The van der Waals surface area contributed by atoms with Gasteiger partial charge in [0.25, 0.3) is 0 Å². The van der Waals surface area contributed by atoms with Gasteiger partial charge in [0.15, 0.2) is 5.78 Å². The topological polar surface area (TPSA) is 63.1 Å². The van der Waals surface area contributed by atoms with Crippen molar-refractivity contribution in [3.8, 4) is 33.6 Å². The normalized spacial score (nSPS) is 12.8. The van der Waals surface area contributed by atoms with E-state index >= 15 is 0 Å². The van der Waals surface area contributed by atoms with Crippen molar-refractivity contribution in [2.75, 3.05) is 0 Å². The van der Waals surface area contributed by atoms with Gasteiger partial charge >= 0.3 is 0 Å². The molecular weight excluding hydrogens is 805 g/mol. The Hall–Kier alpha value is -3.92. The fourth-order valence-corrected chi connectivity index (χ4v) is 6.61. The smallest absolute Gasteiger partial charge is 0.164 e. The van der Waals surface area contributed by atoms with Crippen molar-refractivity contribution in [3.63, 3.8) is 0 Å². The van der Waals surface area contributed by atoms with Crippen molar-refractivity contribution >= 4 is 16.6 Å². The molecule has 51 heavy (non-hydrogen) atoms. The second-order valence-electron chi connectivity index (χ2n) is 14.6. The number of ketones is 1. The summed E-state index contributed by atoms with van der Waals surface area (Å²) in [5.41, 5.74) is 10.0. The molecule has 0 spiro atoms. The van der Waals surface area contributed by atoms with Crippen LogP contribution in [0.25, 0.3) is 44.4 Å². The Labute approximate surface area is 319 Å². The summed E-state index contributed by atoms with van der Waals surface area (Å²) in [6.45, 7) is 16.6. The van der Waals surface area contributed by atoms with Crippen molar-refractivity contribution < 1.29 is 30.0 Å². The molecule has 5 heteroatoms. The van der Waals surface area contributed by atoms with Crippen molar-refractivity contribution in [3.05, 3.63) is 120 Å². The van der Waals surface area contributed by atoms with Crippen molar-refractivity contribution in [2.45, 2.75) is 99.8 Å². The Bertz CT molecular complexity index is 1990. The number of benzene rings is 3. The number of aliphatic hydroxyl groups is 1. The van der Waals surface area contributed by atoms with E-state index in [9.17, 15) is 9.90 Å². The van der Waals surface area contributed by atoms with E-state index in [1.807, 2.05) is 53.9 Å². The number of aryl methyl sites for hydroxylation is 2. The number of pyridine rings is 2. The molecule has 2 heterocycles. The van der Waals surface area contributed by atoms with Gasteiger partial charge in [-0.05, 0) is 72.8 Å². The fraction of sp³-hybridized carbons (Fsp3) is 0.370. The van der Waals surface area contributed by atoms with Gasteiger partial charge in [0, 0.05) is 60.7 Å². The van der Waals surface area contributed by atoms with E-state index < -0.39 is 0 Å². The third-order valence-corrected chi connectivity index (χ3v) is 11.3. The van der Waals surface area contributed by atoms with E-state index in [0.29, 0.717) is 5.92 Å². The second kappa shape index (κ2) is 17.1. The van der Waals surface area contributed by atoms with Gasteiger partial charge in [-0.3, -0.25) is 14.8 Å². The van der Waals surface area contributed by atoms with Crippen molar-refractivity contribution in [2.24, 2.45) is 10.8 Å². The molecule has 0 bridgehead atoms. The third kappa shape index (κ3) is 8.59. The number of carbonyl (C=O) groups excluding carboxylic acids is 1. The summed E-state index contributed by atoms with van der Waals surface area (Å²) >= 11 is 0. The maximum absolute atomic E-state index is 12.2. The first kappa shape index (κ1) is 39.9. The van der Waals surface area contributed by atoms with Crippen LogP contribution >= 0.6 is 0 Å². The summed E-state index contributed by atoms with van der Waals surface area (Å²) in [4.78, 5) is 22.0. The van der Waals surface area contributed by atoms with Crippen LogP contribution in [0, 0.1) is 16.9 Å². The molecule has 5 aromatic rings. The summed E-state index contributed by atoms with van der Waals surface area (Å²) in [5.74, 6) is 0.716. The molecule has 2 aromatic heterocycles. The Balaban J connectivity index is 0.000000279. The maximum atomic E-state index is 12.2. The molecule has 1 N–H and O–H groups in total. The van der Waals surface area contributed by atoms with Crippen LogP contribution in [0.15, 0.2) is 97.0 Å². The van der Waals surface area contributed by atoms with E-state index in [0.717, 1.165) is 60.9 Å². The molecular formula is C46H53IrN2O2-. The number of carbonyl (C=O) groups is 1. The molecule has 1 aliphatic carbocycles. The van der Waals surface area contributed by atoms with Crippen LogP contribution in [-0.4, -0.2) is 20.9 Å². The minimum Gasteiger partial charge on any atom is -0.512 e. The first-order chi connectivity index (χ1) is 24.0. The average molecular weight is 858 g/mol. The monoisotopic (exact) mass is 858 g/mol.